The van der Waals surface area contributed by atoms with E-state index < -0.39 is 0 Å². The van der Waals surface area contributed by atoms with Crippen LogP contribution in [-0.2, 0) is 4.74 Å². The largest absolute Gasteiger partial charge is 0.379 e. The molecule has 2 aliphatic carbocycles. The first-order chi connectivity index (χ1) is 11.3. The zero-order chi connectivity index (χ0) is 15.6. The zero-order valence-electron chi connectivity index (χ0n) is 13.5. The van der Waals surface area contributed by atoms with E-state index >= 15 is 0 Å². The van der Waals surface area contributed by atoms with Crippen LogP contribution in [0.2, 0.25) is 0 Å². The van der Waals surface area contributed by atoms with Gasteiger partial charge in [0.25, 0.3) is 5.91 Å². The molecule has 6 nitrogen and oxygen atoms in total. The van der Waals surface area contributed by atoms with Gasteiger partial charge in [-0.3, -0.25) is 9.69 Å². The van der Waals surface area contributed by atoms with Gasteiger partial charge in [0.05, 0.1) is 13.2 Å². The summed E-state index contributed by atoms with van der Waals surface area (Å²) in [6.07, 6.45) is 6.91. The summed E-state index contributed by atoms with van der Waals surface area (Å²) in [5.41, 5.74) is 0.429. The van der Waals surface area contributed by atoms with E-state index in [0.29, 0.717) is 17.7 Å². The number of carbonyl (C=O) groups is 1. The molecule has 0 unspecified atom stereocenters. The third-order valence-electron chi connectivity index (χ3n) is 5.30. The van der Waals surface area contributed by atoms with Crippen LogP contribution in [0.25, 0.3) is 0 Å². The predicted molar refractivity (Wildman–Crippen MR) is 84.4 cm³/mol. The molecule has 3 aliphatic rings. The molecule has 0 bridgehead atoms. The van der Waals surface area contributed by atoms with Crippen molar-refractivity contribution in [1.29, 1.82) is 0 Å². The van der Waals surface area contributed by atoms with Crippen molar-refractivity contribution in [3.05, 3.63) is 17.5 Å². The fourth-order valence-corrected chi connectivity index (χ4v) is 3.82. The Morgan fingerprint density at radius 3 is 2.74 bits per heavy atom. The van der Waals surface area contributed by atoms with Crippen LogP contribution in [0.1, 0.15) is 60.7 Å². The average molecular weight is 319 g/mol. The molecule has 1 aromatic heterocycles. The SMILES string of the molecule is O=C(N[C@H]1CCCC[C@H]1N1CCOCC1)c1cc(C2CC2)on1. The van der Waals surface area contributed by atoms with Gasteiger partial charge in [0, 0.05) is 37.2 Å². The first kappa shape index (κ1) is 15.1. The maximum Gasteiger partial charge on any atom is 0.273 e. The molecule has 2 atom stereocenters. The lowest BCUT2D eigenvalue weighted by molar-refractivity contribution is 0.0000884. The van der Waals surface area contributed by atoms with E-state index in [-0.39, 0.29) is 11.9 Å². The maximum atomic E-state index is 12.5. The molecule has 1 amide bonds. The normalized spacial score (nSPS) is 29.4. The highest BCUT2D eigenvalue weighted by Crippen LogP contribution is 2.40. The maximum absolute atomic E-state index is 12.5. The number of morpholine rings is 1. The lowest BCUT2D eigenvalue weighted by Gasteiger charge is -2.41. The quantitative estimate of drug-likeness (QED) is 0.918. The van der Waals surface area contributed by atoms with Crippen LogP contribution in [0.4, 0.5) is 0 Å². The average Bonchev–Trinajstić information content (AvgIpc) is 3.33. The Kier molecular flexibility index (Phi) is 4.35. The third-order valence-corrected chi connectivity index (χ3v) is 5.30. The summed E-state index contributed by atoms with van der Waals surface area (Å²) in [7, 11) is 0. The Balaban J connectivity index is 1.40. The van der Waals surface area contributed by atoms with Crippen molar-refractivity contribution in [2.45, 2.75) is 56.5 Å². The number of nitrogens with zero attached hydrogens (tertiary/aromatic N) is 2. The summed E-state index contributed by atoms with van der Waals surface area (Å²) in [4.78, 5) is 15.0. The minimum atomic E-state index is -0.0918. The Morgan fingerprint density at radius 2 is 1.96 bits per heavy atom. The fraction of sp³-hybridized carbons (Fsp3) is 0.765. The number of hydrogen-bond donors (Lipinski definition) is 1. The number of ether oxygens (including phenoxy) is 1. The van der Waals surface area contributed by atoms with Crippen molar-refractivity contribution in [1.82, 2.24) is 15.4 Å². The second-order valence-electron chi connectivity index (χ2n) is 6.97. The monoisotopic (exact) mass is 319 g/mol. The van der Waals surface area contributed by atoms with Crippen LogP contribution in [0, 0.1) is 0 Å². The molecule has 126 valence electrons. The van der Waals surface area contributed by atoms with E-state index in [4.69, 9.17) is 9.26 Å². The summed E-state index contributed by atoms with van der Waals surface area (Å²) in [6, 6.07) is 2.45. The molecule has 1 aliphatic heterocycles. The highest BCUT2D eigenvalue weighted by molar-refractivity contribution is 5.92. The van der Waals surface area contributed by atoms with E-state index in [0.717, 1.165) is 57.7 Å². The molecule has 0 radical (unpaired) electrons. The Morgan fingerprint density at radius 1 is 1.17 bits per heavy atom. The van der Waals surface area contributed by atoms with Crippen molar-refractivity contribution >= 4 is 5.91 Å². The van der Waals surface area contributed by atoms with Gasteiger partial charge in [0.2, 0.25) is 0 Å². The smallest absolute Gasteiger partial charge is 0.273 e. The molecule has 2 saturated carbocycles. The van der Waals surface area contributed by atoms with Gasteiger partial charge in [0.15, 0.2) is 5.69 Å². The molecule has 0 spiro atoms. The Bertz CT molecular complexity index is 549. The van der Waals surface area contributed by atoms with Gasteiger partial charge in [-0.15, -0.1) is 0 Å². The molecule has 0 aromatic carbocycles. The van der Waals surface area contributed by atoms with Gasteiger partial charge in [-0.2, -0.15) is 0 Å². The zero-order valence-corrected chi connectivity index (χ0v) is 13.5. The topological polar surface area (TPSA) is 67.6 Å². The molecule has 3 fully saturated rings. The van der Waals surface area contributed by atoms with E-state index in [2.05, 4.69) is 15.4 Å². The van der Waals surface area contributed by atoms with Crippen molar-refractivity contribution in [3.8, 4) is 0 Å². The summed E-state index contributed by atoms with van der Waals surface area (Å²) >= 11 is 0. The van der Waals surface area contributed by atoms with E-state index in [1.54, 1.807) is 0 Å². The van der Waals surface area contributed by atoms with Crippen molar-refractivity contribution in [2.24, 2.45) is 0 Å². The van der Waals surface area contributed by atoms with Crippen molar-refractivity contribution in [2.75, 3.05) is 26.3 Å². The van der Waals surface area contributed by atoms with Crippen LogP contribution >= 0.6 is 0 Å². The molecule has 1 saturated heterocycles. The van der Waals surface area contributed by atoms with E-state index in [1.807, 2.05) is 6.07 Å². The minimum absolute atomic E-state index is 0.0918. The molecule has 6 heteroatoms. The summed E-state index contributed by atoms with van der Waals surface area (Å²) < 4.78 is 10.8. The standard InChI is InChI=1S/C17H25N3O3/c21-17(14-11-16(23-19-14)12-5-6-12)18-13-3-1-2-4-15(13)20-7-9-22-10-8-20/h11-13,15H,1-10H2,(H,18,21)/t13-,15+/m0/s1. The highest BCUT2D eigenvalue weighted by Gasteiger charge is 2.33. The number of nitrogens with one attached hydrogen (secondary N) is 1. The molecule has 1 N–H and O–H groups in total. The van der Waals surface area contributed by atoms with Crippen LogP contribution in [-0.4, -0.2) is 54.4 Å². The third kappa shape index (κ3) is 3.43. The number of carbonyl (C=O) groups excluding carboxylic acids is 1. The summed E-state index contributed by atoms with van der Waals surface area (Å²) in [6.45, 7) is 3.52. The lowest BCUT2D eigenvalue weighted by atomic mass is 9.88. The summed E-state index contributed by atoms with van der Waals surface area (Å²) in [5, 5.41) is 7.17. The first-order valence-electron chi connectivity index (χ1n) is 8.90. The number of rotatable bonds is 4. The summed E-state index contributed by atoms with van der Waals surface area (Å²) in [5.74, 6) is 1.26. The molecule has 1 aromatic rings. The molecule has 2 heterocycles. The Labute approximate surface area is 136 Å². The van der Waals surface area contributed by atoms with Gasteiger partial charge in [0.1, 0.15) is 5.76 Å². The van der Waals surface area contributed by atoms with Crippen LogP contribution in [0.5, 0.6) is 0 Å². The fourth-order valence-electron chi connectivity index (χ4n) is 3.82. The van der Waals surface area contributed by atoms with Crippen LogP contribution in [0.15, 0.2) is 10.6 Å². The number of hydrogen-bond acceptors (Lipinski definition) is 5. The number of aromatic nitrogens is 1. The van der Waals surface area contributed by atoms with Crippen LogP contribution < -0.4 is 5.32 Å². The predicted octanol–water partition coefficient (Wildman–Crippen LogP) is 1.93. The van der Waals surface area contributed by atoms with E-state index in [9.17, 15) is 4.79 Å². The molecule has 23 heavy (non-hydrogen) atoms. The van der Waals surface area contributed by atoms with Gasteiger partial charge < -0.3 is 14.6 Å². The highest BCUT2D eigenvalue weighted by atomic mass is 16.5. The van der Waals surface area contributed by atoms with Gasteiger partial charge >= 0.3 is 0 Å². The van der Waals surface area contributed by atoms with Crippen LogP contribution in [0.3, 0.4) is 0 Å². The van der Waals surface area contributed by atoms with E-state index in [1.165, 1.54) is 12.8 Å². The first-order valence-corrected chi connectivity index (χ1v) is 8.90. The number of amides is 1. The second-order valence-corrected chi connectivity index (χ2v) is 6.97. The van der Waals surface area contributed by atoms with Gasteiger partial charge in [-0.25, -0.2) is 0 Å². The van der Waals surface area contributed by atoms with Crippen molar-refractivity contribution in [3.63, 3.8) is 0 Å². The van der Waals surface area contributed by atoms with Gasteiger partial charge in [-0.05, 0) is 25.7 Å². The molecular weight excluding hydrogens is 294 g/mol. The molecular formula is C17H25N3O3. The second kappa shape index (κ2) is 6.61. The minimum Gasteiger partial charge on any atom is -0.379 e. The lowest BCUT2D eigenvalue weighted by Crippen LogP contribution is -2.56. The Hall–Kier alpha value is -1.40. The molecule has 4 rings (SSSR count). The van der Waals surface area contributed by atoms with Gasteiger partial charge in [-0.1, -0.05) is 18.0 Å². The van der Waals surface area contributed by atoms with Crippen molar-refractivity contribution < 1.29 is 14.1 Å².